The van der Waals surface area contributed by atoms with Crippen LogP contribution >= 0.6 is 0 Å². The van der Waals surface area contributed by atoms with Crippen LogP contribution in [0.3, 0.4) is 0 Å². The number of methoxy groups -OCH3 is 1. The lowest BCUT2D eigenvalue weighted by Gasteiger charge is -2.28. The van der Waals surface area contributed by atoms with Gasteiger partial charge < -0.3 is 39.7 Å². The summed E-state index contributed by atoms with van der Waals surface area (Å²) in [4.78, 5) is 68.5. The second kappa shape index (κ2) is 19.8. The van der Waals surface area contributed by atoms with Crippen molar-refractivity contribution in [1.29, 1.82) is 0 Å². The minimum atomic E-state index is -0.478. The normalized spacial score (nSPS) is 11.0. The van der Waals surface area contributed by atoms with Crippen LogP contribution in [0.15, 0.2) is 72.8 Å². The second-order valence-corrected chi connectivity index (χ2v) is 14.0. The van der Waals surface area contributed by atoms with Gasteiger partial charge in [0.2, 0.25) is 11.8 Å². The van der Waals surface area contributed by atoms with E-state index in [2.05, 4.69) is 16.0 Å². The molecule has 5 amide bonds. The summed E-state index contributed by atoms with van der Waals surface area (Å²) in [5.41, 5.74) is 2.92. The molecule has 0 radical (unpaired) electrons. The average Bonchev–Trinajstić information content (AvgIpc) is 3.09. The Morgan fingerprint density at radius 1 is 0.788 bits per heavy atom. The number of carbonyl (C=O) groups is 5. The van der Waals surface area contributed by atoms with E-state index in [1.807, 2.05) is 66.2 Å². The van der Waals surface area contributed by atoms with E-state index in [0.717, 1.165) is 5.56 Å². The fourth-order valence-corrected chi connectivity index (χ4v) is 4.90. The van der Waals surface area contributed by atoms with Crippen LogP contribution in [0.25, 0.3) is 0 Å². The Labute approximate surface area is 306 Å². The summed E-state index contributed by atoms with van der Waals surface area (Å²) in [6, 6.07) is 20.2. The van der Waals surface area contributed by atoms with Crippen molar-refractivity contribution in [3.8, 4) is 5.75 Å². The van der Waals surface area contributed by atoms with Crippen LogP contribution in [0.2, 0.25) is 0 Å². The van der Waals surface area contributed by atoms with Gasteiger partial charge in [-0.3, -0.25) is 19.2 Å². The number of likely N-dealkylation sites (N-methyl/N-ethyl adjacent to an activating group) is 1. The molecule has 3 rings (SSSR count). The SMILES string of the molecule is COc1cccc(C(=O)N(CCC(=O)OCC[N+](C)(C)C)CC(=O)N(CCC(C)C)CC(=O)Nc2ccc(NC(=O)Nc3ccccc3C)cc2)c1. The largest absolute Gasteiger partial charge is 0.497 e. The lowest BCUT2D eigenvalue weighted by molar-refractivity contribution is -0.870. The van der Waals surface area contributed by atoms with E-state index in [-0.39, 0.29) is 45.1 Å². The molecule has 0 spiro atoms. The molecule has 280 valence electrons. The zero-order chi connectivity index (χ0) is 38.3. The number of aryl methyl sites for hydroxylation is 1. The molecule has 0 aliphatic heterocycles. The number of hydrogen-bond donors (Lipinski definition) is 3. The predicted octanol–water partition coefficient (Wildman–Crippen LogP) is 5.24. The highest BCUT2D eigenvalue weighted by atomic mass is 16.5. The van der Waals surface area contributed by atoms with Gasteiger partial charge in [-0.05, 0) is 73.4 Å². The van der Waals surface area contributed by atoms with Crippen molar-refractivity contribution in [1.82, 2.24) is 9.80 Å². The number of nitrogens with zero attached hydrogens (tertiary/aromatic N) is 3. The molecule has 0 atom stereocenters. The summed E-state index contributed by atoms with van der Waals surface area (Å²) in [7, 11) is 7.46. The highest BCUT2D eigenvalue weighted by molar-refractivity contribution is 6.01. The molecule has 3 aromatic rings. The van der Waals surface area contributed by atoms with E-state index in [9.17, 15) is 24.0 Å². The van der Waals surface area contributed by atoms with Crippen LogP contribution in [0.5, 0.6) is 5.75 Å². The van der Waals surface area contributed by atoms with Gasteiger partial charge in [0.15, 0.2) is 0 Å². The quantitative estimate of drug-likeness (QED) is 0.121. The van der Waals surface area contributed by atoms with Crippen LogP contribution in [0.1, 0.15) is 42.6 Å². The molecular weight excluding hydrogens is 664 g/mol. The molecule has 0 aromatic heterocycles. The first-order valence-corrected chi connectivity index (χ1v) is 17.3. The molecule has 0 bridgehead atoms. The molecule has 13 heteroatoms. The third kappa shape index (κ3) is 14.4. The molecule has 0 aliphatic rings. The summed E-state index contributed by atoms with van der Waals surface area (Å²) in [5.74, 6) is -1.08. The molecular formula is C39H53N6O7+. The van der Waals surface area contributed by atoms with Gasteiger partial charge in [-0.15, -0.1) is 0 Å². The maximum atomic E-state index is 13.8. The number of benzene rings is 3. The second-order valence-electron chi connectivity index (χ2n) is 14.0. The Kier molecular flexibility index (Phi) is 15.6. The number of hydrogen-bond acceptors (Lipinski definition) is 7. The third-order valence-electron chi connectivity index (χ3n) is 8.02. The lowest BCUT2D eigenvalue weighted by atomic mass is 10.1. The number of esters is 1. The van der Waals surface area contributed by atoms with Gasteiger partial charge in [-0.25, -0.2) is 4.79 Å². The molecule has 0 saturated heterocycles. The summed E-state index contributed by atoms with van der Waals surface area (Å²) in [6.45, 7) is 6.41. The number of nitrogens with one attached hydrogen (secondary N) is 3. The van der Waals surface area contributed by atoms with Crippen molar-refractivity contribution in [2.45, 2.75) is 33.6 Å². The minimum Gasteiger partial charge on any atom is -0.497 e. The first-order valence-electron chi connectivity index (χ1n) is 17.3. The van der Waals surface area contributed by atoms with Crippen LogP contribution in [-0.4, -0.2) is 112 Å². The minimum absolute atomic E-state index is 0.0570. The molecule has 52 heavy (non-hydrogen) atoms. The van der Waals surface area contributed by atoms with Gasteiger partial charge in [0.25, 0.3) is 5.91 Å². The van der Waals surface area contributed by atoms with E-state index < -0.39 is 29.7 Å². The molecule has 3 aromatic carbocycles. The highest BCUT2D eigenvalue weighted by Gasteiger charge is 2.25. The van der Waals surface area contributed by atoms with Crippen molar-refractivity contribution in [3.63, 3.8) is 0 Å². The lowest BCUT2D eigenvalue weighted by Crippen LogP contribution is -2.46. The topological polar surface area (TPSA) is 146 Å². The summed E-state index contributed by atoms with van der Waals surface area (Å²) < 4.78 is 11.3. The summed E-state index contributed by atoms with van der Waals surface area (Å²) in [5, 5.41) is 8.38. The maximum Gasteiger partial charge on any atom is 0.323 e. The maximum absolute atomic E-state index is 13.8. The molecule has 0 heterocycles. The first-order chi connectivity index (χ1) is 24.6. The molecule has 0 aliphatic carbocycles. The predicted molar refractivity (Wildman–Crippen MR) is 202 cm³/mol. The van der Waals surface area contributed by atoms with Gasteiger partial charge in [0, 0.05) is 35.7 Å². The monoisotopic (exact) mass is 717 g/mol. The van der Waals surface area contributed by atoms with Crippen LogP contribution < -0.4 is 20.7 Å². The zero-order valence-corrected chi connectivity index (χ0v) is 31.4. The molecule has 0 saturated carbocycles. The Morgan fingerprint density at radius 3 is 2.10 bits per heavy atom. The van der Waals surface area contributed by atoms with E-state index in [1.54, 1.807) is 48.5 Å². The van der Waals surface area contributed by atoms with Crippen molar-refractivity contribution >= 4 is 46.8 Å². The Bertz CT molecular complexity index is 1670. The zero-order valence-electron chi connectivity index (χ0n) is 31.4. The number of anilines is 3. The third-order valence-corrected chi connectivity index (χ3v) is 8.02. The summed E-state index contributed by atoms with van der Waals surface area (Å²) in [6.07, 6.45) is 0.525. The van der Waals surface area contributed by atoms with Crippen molar-refractivity contribution in [2.24, 2.45) is 5.92 Å². The van der Waals surface area contributed by atoms with Gasteiger partial charge in [0.1, 0.15) is 25.4 Å². The van der Waals surface area contributed by atoms with Crippen molar-refractivity contribution < 1.29 is 37.9 Å². The number of carbonyl (C=O) groups excluding carboxylic acids is 5. The Balaban J connectivity index is 1.68. The van der Waals surface area contributed by atoms with E-state index in [1.165, 1.54) is 16.9 Å². The van der Waals surface area contributed by atoms with Crippen LogP contribution in [-0.2, 0) is 19.1 Å². The number of quaternary nitrogens is 1. The smallest absolute Gasteiger partial charge is 0.323 e. The number of para-hydroxylation sites is 1. The molecule has 13 nitrogen and oxygen atoms in total. The van der Waals surface area contributed by atoms with Gasteiger partial charge in [-0.1, -0.05) is 38.1 Å². The first kappa shape index (κ1) is 41.0. The van der Waals surface area contributed by atoms with E-state index >= 15 is 0 Å². The summed E-state index contributed by atoms with van der Waals surface area (Å²) >= 11 is 0. The van der Waals surface area contributed by atoms with Crippen molar-refractivity contribution in [2.75, 3.05) is 83.5 Å². The van der Waals surface area contributed by atoms with Crippen LogP contribution in [0, 0.1) is 12.8 Å². The fourth-order valence-electron chi connectivity index (χ4n) is 4.90. The molecule has 0 unspecified atom stereocenters. The van der Waals surface area contributed by atoms with E-state index in [0.29, 0.717) is 45.8 Å². The average molecular weight is 718 g/mol. The Hall–Kier alpha value is -5.43. The number of ether oxygens (including phenoxy) is 2. The van der Waals surface area contributed by atoms with Crippen LogP contribution in [0.4, 0.5) is 21.9 Å². The van der Waals surface area contributed by atoms with Gasteiger partial charge in [-0.2, -0.15) is 0 Å². The molecule has 3 N–H and O–H groups in total. The van der Waals surface area contributed by atoms with Gasteiger partial charge >= 0.3 is 12.0 Å². The number of amides is 5. The standard InChI is InChI=1S/C39H52N6O7/c1-28(2)19-21-43(26-35(46)40-31-15-17-32(18-16-31)41-39(50)42-34-14-9-8-11-29(34)3)36(47)27-44(22-20-37(48)52-24-23-45(4,5)6)38(49)30-12-10-13-33(25-30)51-7/h8-18,25,28H,19-24,26-27H2,1-7H3,(H2-,40,41,42,46,50)/p+1. The number of urea groups is 1. The molecule has 0 fully saturated rings. The van der Waals surface area contributed by atoms with E-state index in [4.69, 9.17) is 9.47 Å². The Morgan fingerprint density at radius 2 is 1.46 bits per heavy atom. The highest BCUT2D eigenvalue weighted by Crippen LogP contribution is 2.18. The fraction of sp³-hybridized carbons (Fsp3) is 0.410. The van der Waals surface area contributed by atoms with Gasteiger partial charge in [0.05, 0.1) is 41.2 Å². The van der Waals surface area contributed by atoms with Crippen molar-refractivity contribution in [3.05, 3.63) is 83.9 Å². The number of rotatable bonds is 18.